The number of aliphatic hydroxyl groups is 1. The number of hydrogen-bond donors (Lipinski definition) is 1. The summed E-state index contributed by atoms with van der Waals surface area (Å²) in [5.41, 5.74) is 3.43. The van der Waals surface area contributed by atoms with Gasteiger partial charge in [0.15, 0.2) is 0 Å². The molecule has 1 N–H and O–H groups in total. The van der Waals surface area contributed by atoms with E-state index in [0.29, 0.717) is 25.1 Å². The van der Waals surface area contributed by atoms with Crippen LogP contribution in [-0.4, -0.2) is 40.1 Å². The summed E-state index contributed by atoms with van der Waals surface area (Å²) in [4.78, 5) is 18.5. The molecule has 2 heterocycles. The fourth-order valence-corrected chi connectivity index (χ4v) is 3.20. The van der Waals surface area contributed by atoms with Crippen molar-refractivity contribution in [2.24, 2.45) is 5.92 Å². The summed E-state index contributed by atoms with van der Waals surface area (Å²) in [5.74, 6) is 0.193. The van der Waals surface area contributed by atoms with Gasteiger partial charge in [0.25, 0.3) is 5.91 Å². The van der Waals surface area contributed by atoms with E-state index in [4.69, 9.17) is 0 Å². The van der Waals surface area contributed by atoms with Crippen LogP contribution in [0, 0.1) is 5.92 Å². The number of carbonyl (C=O) groups excluding carboxylic acids is 1. The number of aromatic nitrogens is 1. The number of likely N-dealkylation sites (tertiary alicyclic amines) is 1. The van der Waals surface area contributed by atoms with Crippen LogP contribution in [0.2, 0.25) is 0 Å². The third kappa shape index (κ3) is 2.35. The van der Waals surface area contributed by atoms with E-state index < -0.39 is 0 Å². The van der Waals surface area contributed by atoms with E-state index in [-0.39, 0.29) is 17.9 Å². The molecule has 1 aliphatic rings. The zero-order valence-corrected chi connectivity index (χ0v) is 11.6. The first-order chi connectivity index (χ1) is 9.15. The van der Waals surface area contributed by atoms with E-state index in [1.807, 2.05) is 30.0 Å². The first kappa shape index (κ1) is 12.6. The Hall–Kier alpha value is -1.46. The normalized spacial score (nSPS) is 23.8. The van der Waals surface area contributed by atoms with Crippen LogP contribution in [0.4, 0.5) is 0 Å². The second-order valence-corrected chi connectivity index (χ2v) is 6.01. The molecule has 5 heteroatoms. The summed E-state index contributed by atoms with van der Waals surface area (Å²) < 4.78 is 1.04. The Morgan fingerprint density at radius 1 is 1.53 bits per heavy atom. The molecule has 4 nitrogen and oxygen atoms in total. The Bertz CT molecular complexity index is 610. The number of rotatable bonds is 1. The molecule has 100 valence electrons. The lowest BCUT2D eigenvalue weighted by molar-refractivity contribution is 0.0298. The molecule has 0 saturated carbocycles. The van der Waals surface area contributed by atoms with E-state index in [1.165, 1.54) is 0 Å². The van der Waals surface area contributed by atoms with Crippen LogP contribution in [0.1, 0.15) is 23.7 Å². The topological polar surface area (TPSA) is 53.4 Å². The standard InChI is InChI=1S/C14H16N2O2S/c1-9-7-16(5-4-12(9)17)14(18)10-2-3-11-13(6-10)19-8-15-11/h2-3,6,8-9,12,17H,4-5,7H2,1H3. The Morgan fingerprint density at radius 2 is 2.37 bits per heavy atom. The number of thiazole rings is 1. The number of aliphatic hydroxyl groups excluding tert-OH is 1. The molecule has 1 aromatic heterocycles. The maximum Gasteiger partial charge on any atom is 0.253 e. The van der Waals surface area contributed by atoms with Gasteiger partial charge < -0.3 is 10.0 Å². The summed E-state index contributed by atoms with van der Waals surface area (Å²) in [6.07, 6.45) is 0.378. The number of piperidine rings is 1. The van der Waals surface area contributed by atoms with Gasteiger partial charge in [0.2, 0.25) is 0 Å². The molecule has 1 saturated heterocycles. The average Bonchev–Trinajstić information content (AvgIpc) is 2.88. The molecule has 1 aliphatic heterocycles. The molecule has 3 rings (SSSR count). The van der Waals surface area contributed by atoms with Gasteiger partial charge in [-0.3, -0.25) is 4.79 Å². The van der Waals surface area contributed by atoms with Crippen molar-refractivity contribution in [2.75, 3.05) is 13.1 Å². The molecule has 0 radical (unpaired) electrons. The highest BCUT2D eigenvalue weighted by Gasteiger charge is 2.27. The number of hydrogen-bond acceptors (Lipinski definition) is 4. The number of amides is 1. The van der Waals surface area contributed by atoms with Crippen molar-refractivity contribution in [3.63, 3.8) is 0 Å². The average molecular weight is 276 g/mol. The lowest BCUT2D eigenvalue weighted by Gasteiger charge is -2.34. The van der Waals surface area contributed by atoms with E-state index in [9.17, 15) is 9.90 Å². The molecule has 1 amide bonds. The molecule has 2 atom stereocenters. The highest BCUT2D eigenvalue weighted by Crippen LogP contribution is 2.22. The van der Waals surface area contributed by atoms with Crippen molar-refractivity contribution in [3.8, 4) is 0 Å². The first-order valence-electron chi connectivity index (χ1n) is 6.46. The van der Waals surface area contributed by atoms with Gasteiger partial charge in [-0.1, -0.05) is 6.92 Å². The van der Waals surface area contributed by atoms with Crippen molar-refractivity contribution in [3.05, 3.63) is 29.3 Å². The lowest BCUT2D eigenvalue weighted by atomic mass is 9.96. The number of benzene rings is 1. The SMILES string of the molecule is CC1CN(C(=O)c2ccc3ncsc3c2)CCC1O. The van der Waals surface area contributed by atoms with Crippen LogP contribution in [0.15, 0.2) is 23.7 Å². The quantitative estimate of drug-likeness (QED) is 0.868. The van der Waals surface area contributed by atoms with Gasteiger partial charge >= 0.3 is 0 Å². The molecule has 0 bridgehead atoms. The second-order valence-electron chi connectivity index (χ2n) is 5.12. The largest absolute Gasteiger partial charge is 0.393 e. The van der Waals surface area contributed by atoms with Crippen LogP contribution < -0.4 is 0 Å². The Morgan fingerprint density at radius 3 is 3.16 bits per heavy atom. The minimum absolute atomic E-state index is 0.0500. The van der Waals surface area contributed by atoms with Crippen molar-refractivity contribution in [1.29, 1.82) is 0 Å². The minimum atomic E-state index is -0.284. The monoisotopic (exact) mass is 276 g/mol. The van der Waals surface area contributed by atoms with Gasteiger partial charge in [-0.15, -0.1) is 11.3 Å². The van der Waals surface area contributed by atoms with Crippen LogP contribution in [0.3, 0.4) is 0 Å². The fraction of sp³-hybridized carbons (Fsp3) is 0.429. The van der Waals surface area contributed by atoms with Gasteiger partial charge in [0, 0.05) is 18.7 Å². The zero-order chi connectivity index (χ0) is 13.4. The molecule has 1 aromatic carbocycles. The number of carbonyl (C=O) groups is 1. The third-order valence-corrected chi connectivity index (χ3v) is 4.52. The summed E-state index contributed by atoms with van der Waals surface area (Å²) in [7, 11) is 0. The van der Waals surface area contributed by atoms with Crippen LogP contribution in [0.25, 0.3) is 10.2 Å². The summed E-state index contributed by atoms with van der Waals surface area (Å²) >= 11 is 1.54. The van der Waals surface area contributed by atoms with Gasteiger partial charge in [-0.05, 0) is 30.5 Å². The van der Waals surface area contributed by atoms with Crippen LogP contribution >= 0.6 is 11.3 Å². The minimum Gasteiger partial charge on any atom is -0.393 e. The summed E-state index contributed by atoms with van der Waals surface area (Å²) in [5, 5.41) is 9.72. The van der Waals surface area contributed by atoms with Crippen LogP contribution in [0.5, 0.6) is 0 Å². The maximum atomic E-state index is 12.4. The van der Waals surface area contributed by atoms with Gasteiger partial charge in [0.1, 0.15) is 0 Å². The summed E-state index contributed by atoms with van der Waals surface area (Å²) in [6, 6.07) is 5.63. The first-order valence-corrected chi connectivity index (χ1v) is 7.33. The van der Waals surface area contributed by atoms with E-state index in [2.05, 4.69) is 4.98 Å². The Kier molecular flexibility index (Phi) is 3.24. The second kappa shape index (κ2) is 4.90. The molecule has 2 aromatic rings. The van der Waals surface area contributed by atoms with Crippen LogP contribution in [-0.2, 0) is 0 Å². The third-order valence-electron chi connectivity index (χ3n) is 3.73. The number of fused-ring (bicyclic) bond motifs is 1. The smallest absolute Gasteiger partial charge is 0.253 e. The molecular formula is C14H16N2O2S. The fourth-order valence-electron chi connectivity index (χ4n) is 2.49. The highest BCUT2D eigenvalue weighted by atomic mass is 32.1. The van der Waals surface area contributed by atoms with Gasteiger partial charge in [-0.25, -0.2) is 4.98 Å². The van der Waals surface area contributed by atoms with Crippen molar-refractivity contribution < 1.29 is 9.90 Å². The Balaban J connectivity index is 1.83. The Labute approximate surface area is 115 Å². The molecule has 0 aliphatic carbocycles. The predicted octanol–water partition coefficient (Wildman–Crippen LogP) is 2.14. The maximum absolute atomic E-state index is 12.4. The highest BCUT2D eigenvalue weighted by molar-refractivity contribution is 7.16. The molecule has 2 unspecified atom stereocenters. The summed E-state index contributed by atoms with van der Waals surface area (Å²) in [6.45, 7) is 3.24. The molecule has 19 heavy (non-hydrogen) atoms. The van der Waals surface area contributed by atoms with Gasteiger partial charge in [0.05, 0.1) is 21.8 Å². The van der Waals surface area contributed by atoms with Gasteiger partial charge in [-0.2, -0.15) is 0 Å². The van der Waals surface area contributed by atoms with Crippen molar-refractivity contribution in [1.82, 2.24) is 9.88 Å². The van der Waals surface area contributed by atoms with E-state index in [1.54, 1.807) is 16.8 Å². The molecule has 1 fully saturated rings. The van der Waals surface area contributed by atoms with E-state index >= 15 is 0 Å². The zero-order valence-electron chi connectivity index (χ0n) is 10.7. The lowest BCUT2D eigenvalue weighted by Crippen LogP contribution is -2.44. The molecule has 0 spiro atoms. The van der Waals surface area contributed by atoms with Crippen molar-refractivity contribution >= 4 is 27.5 Å². The predicted molar refractivity (Wildman–Crippen MR) is 75.3 cm³/mol. The van der Waals surface area contributed by atoms with E-state index in [0.717, 1.165) is 10.2 Å². The van der Waals surface area contributed by atoms with Crippen molar-refractivity contribution in [2.45, 2.75) is 19.4 Å². The number of nitrogens with zero attached hydrogens (tertiary/aromatic N) is 2. The molecular weight excluding hydrogens is 260 g/mol.